The van der Waals surface area contributed by atoms with Crippen molar-refractivity contribution in [2.45, 2.75) is 44.1 Å². The second kappa shape index (κ2) is 8.48. The molecule has 1 aliphatic heterocycles. The van der Waals surface area contributed by atoms with Crippen molar-refractivity contribution in [3.63, 3.8) is 0 Å². The summed E-state index contributed by atoms with van der Waals surface area (Å²) >= 11 is 0. The Morgan fingerprint density at radius 1 is 1.10 bits per heavy atom. The minimum absolute atomic E-state index is 0.0362. The lowest BCUT2D eigenvalue weighted by Gasteiger charge is -2.33. The van der Waals surface area contributed by atoms with Gasteiger partial charge in [-0.1, -0.05) is 24.6 Å². The highest BCUT2D eigenvalue weighted by Gasteiger charge is 2.34. The summed E-state index contributed by atoms with van der Waals surface area (Å²) in [5.74, 6) is 2.26. The molecule has 6 nitrogen and oxygen atoms in total. The molecule has 3 heterocycles. The van der Waals surface area contributed by atoms with Gasteiger partial charge in [-0.15, -0.1) is 0 Å². The number of aromatic nitrogens is 1. The summed E-state index contributed by atoms with van der Waals surface area (Å²) in [6.07, 6.45) is 7.42. The third-order valence-corrected chi connectivity index (χ3v) is 6.00. The van der Waals surface area contributed by atoms with Crippen LogP contribution >= 0.6 is 0 Å². The maximum Gasteiger partial charge on any atom is 0.273 e. The van der Waals surface area contributed by atoms with Crippen LogP contribution in [0.1, 0.15) is 66.1 Å². The molecule has 3 aromatic rings. The van der Waals surface area contributed by atoms with Crippen molar-refractivity contribution in [1.82, 2.24) is 15.2 Å². The number of amides is 1. The summed E-state index contributed by atoms with van der Waals surface area (Å²) in [5.41, 5.74) is 1.31. The van der Waals surface area contributed by atoms with E-state index in [0.29, 0.717) is 24.0 Å². The molecule has 2 aliphatic rings. The van der Waals surface area contributed by atoms with Gasteiger partial charge in [-0.05, 0) is 63.0 Å². The first-order valence-corrected chi connectivity index (χ1v) is 10.9. The lowest BCUT2D eigenvalue weighted by Crippen LogP contribution is -2.40. The van der Waals surface area contributed by atoms with Gasteiger partial charge < -0.3 is 14.2 Å². The van der Waals surface area contributed by atoms with Gasteiger partial charge in [0.05, 0.1) is 12.3 Å². The largest absolute Gasteiger partial charge is 0.468 e. The molecule has 1 saturated carbocycles. The highest BCUT2D eigenvalue weighted by atomic mass is 16.4. The normalized spacial score (nSPS) is 18.3. The van der Waals surface area contributed by atoms with E-state index in [1.165, 1.54) is 19.3 Å². The molecule has 0 spiro atoms. The Morgan fingerprint density at radius 2 is 1.90 bits per heavy atom. The molecule has 30 heavy (non-hydrogen) atoms. The van der Waals surface area contributed by atoms with E-state index in [4.69, 9.17) is 8.83 Å². The monoisotopic (exact) mass is 405 g/mol. The first-order chi connectivity index (χ1) is 14.8. The van der Waals surface area contributed by atoms with Crippen molar-refractivity contribution in [1.29, 1.82) is 0 Å². The Kier molecular flexibility index (Phi) is 5.41. The van der Waals surface area contributed by atoms with E-state index in [0.717, 1.165) is 43.0 Å². The lowest BCUT2D eigenvalue weighted by atomic mass is 10.1. The number of hydrogen-bond donors (Lipinski definition) is 1. The number of oxazole rings is 1. The first kappa shape index (κ1) is 19.1. The smallest absolute Gasteiger partial charge is 0.273 e. The third kappa shape index (κ3) is 4.05. The molecule has 0 radical (unpaired) electrons. The molecule has 0 bridgehead atoms. The zero-order chi connectivity index (χ0) is 20.3. The number of carbonyl (C=O) groups is 1. The number of carbonyl (C=O) groups excluding carboxylic acids is 1. The molecule has 6 heteroatoms. The standard InChI is InChI=1S/C24H27N3O3/c28-23(25-16-19(20-10-7-15-29-20)27-13-5-2-6-14-27)21-22(17-11-12-17)30-24(26-21)18-8-3-1-4-9-18/h1,3-4,7-10,15,17,19H,2,5-6,11-14,16H2,(H,25,28). The second-order valence-corrected chi connectivity index (χ2v) is 8.21. The number of piperidine rings is 1. The van der Waals surface area contributed by atoms with Crippen molar-refractivity contribution in [3.05, 3.63) is 65.9 Å². The average Bonchev–Trinajstić information content (AvgIpc) is 3.31. The molecule has 2 aromatic heterocycles. The Labute approximate surface area is 176 Å². The van der Waals surface area contributed by atoms with Gasteiger partial charge in [0.25, 0.3) is 5.91 Å². The van der Waals surface area contributed by atoms with Gasteiger partial charge in [-0.2, -0.15) is 0 Å². The fourth-order valence-corrected chi connectivity index (χ4v) is 4.21. The Hall–Kier alpha value is -2.86. The Balaban J connectivity index is 1.35. The van der Waals surface area contributed by atoms with Crippen LogP contribution < -0.4 is 5.32 Å². The van der Waals surface area contributed by atoms with E-state index >= 15 is 0 Å². The van der Waals surface area contributed by atoms with Crippen LogP contribution in [0.5, 0.6) is 0 Å². The summed E-state index contributed by atoms with van der Waals surface area (Å²) in [7, 11) is 0. The minimum Gasteiger partial charge on any atom is -0.468 e. The fourth-order valence-electron chi connectivity index (χ4n) is 4.21. The Bertz CT molecular complexity index is 971. The molecule has 1 saturated heterocycles. The molecule has 1 N–H and O–H groups in total. The second-order valence-electron chi connectivity index (χ2n) is 8.21. The van der Waals surface area contributed by atoms with Crippen LogP contribution in [0.4, 0.5) is 0 Å². The van der Waals surface area contributed by atoms with E-state index in [-0.39, 0.29) is 11.9 Å². The predicted molar refractivity (Wildman–Crippen MR) is 113 cm³/mol. The predicted octanol–water partition coefficient (Wildman–Crippen LogP) is 4.77. The SMILES string of the molecule is O=C(NCC(c1ccco1)N1CCCCC1)c1nc(-c2ccccc2)oc1C1CC1. The molecule has 1 aromatic carbocycles. The number of likely N-dealkylation sites (tertiary alicyclic amines) is 1. The van der Waals surface area contributed by atoms with Crippen molar-refractivity contribution in [2.75, 3.05) is 19.6 Å². The van der Waals surface area contributed by atoms with Crippen LogP contribution in [0.15, 0.2) is 57.6 Å². The topological polar surface area (TPSA) is 71.5 Å². The van der Waals surface area contributed by atoms with Gasteiger partial charge in [-0.3, -0.25) is 9.69 Å². The number of rotatable bonds is 7. The van der Waals surface area contributed by atoms with Crippen molar-refractivity contribution in [2.24, 2.45) is 0 Å². The number of benzene rings is 1. The van der Waals surface area contributed by atoms with Crippen LogP contribution in [0.2, 0.25) is 0 Å². The van der Waals surface area contributed by atoms with Crippen molar-refractivity contribution >= 4 is 5.91 Å². The van der Waals surface area contributed by atoms with E-state index < -0.39 is 0 Å². The summed E-state index contributed by atoms with van der Waals surface area (Å²) in [4.78, 5) is 20.1. The molecule has 1 amide bonds. The Morgan fingerprint density at radius 3 is 2.60 bits per heavy atom. The van der Waals surface area contributed by atoms with Gasteiger partial charge in [-0.25, -0.2) is 4.98 Å². The van der Waals surface area contributed by atoms with Crippen LogP contribution in [0.25, 0.3) is 11.5 Å². The highest BCUT2D eigenvalue weighted by molar-refractivity contribution is 5.94. The number of nitrogens with one attached hydrogen (secondary N) is 1. The van der Waals surface area contributed by atoms with Crippen molar-refractivity contribution in [3.8, 4) is 11.5 Å². The van der Waals surface area contributed by atoms with Gasteiger partial charge in [0, 0.05) is 18.0 Å². The lowest BCUT2D eigenvalue weighted by molar-refractivity contribution is 0.0908. The van der Waals surface area contributed by atoms with Crippen molar-refractivity contribution < 1.29 is 13.6 Å². The van der Waals surface area contributed by atoms with Crippen LogP contribution in [-0.2, 0) is 0 Å². The molecule has 1 unspecified atom stereocenters. The minimum atomic E-state index is -0.170. The number of hydrogen-bond acceptors (Lipinski definition) is 5. The first-order valence-electron chi connectivity index (χ1n) is 10.9. The summed E-state index contributed by atoms with van der Waals surface area (Å²) in [6, 6.07) is 13.7. The van der Waals surface area contributed by atoms with Gasteiger partial charge in [0.1, 0.15) is 11.5 Å². The molecule has 5 rings (SSSR count). The van der Waals surface area contributed by atoms with Gasteiger partial charge in [0.2, 0.25) is 5.89 Å². The van der Waals surface area contributed by atoms with E-state index in [1.54, 1.807) is 6.26 Å². The highest BCUT2D eigenvalue weighted by Crippen LogP contribution is 2.43. The quantitative estimate of drug-likeness (QED) is 0.613. The molecule has 2 fully saturated rings. The molecule has 156 valence electrons. The number of nitrogens with zero attached hydrogens (tertiary/aromatic N) is 2. The van der Waals surface area contributed by atoms with Crippen LogP contribution in [0.3, 0.4) is 0 Å². The molecule has 1 atom stereocenters. The maximum absolute atomic E-state index is 13.1. The summed E-state index contributed by atoms with van der Waals surface area (Å²) in [5, 5.41) is 3.11. The number of furan rings is 1. The zero-order valence-electron chi connectivity index (χ0n) is 17.0. The van der Waals surface area contributed by atoms with E-state index in [9.17, 15) is 4.79 Å². The van der Waals surface area contributed by atoms with E-state index in [2.05, 4.69) is 15.2 Å². The summed E-state index contributed by atoms with van der Waals surface area (Å²) in [6.45, 7) is 2.54. The summed E-state index contributed by atoms with van der Waals surface area (Å²) < 4.78 is 11.7. The zero-order valence-corrected chi connectivity index (χ0v) is 17.0. The molecular formula is C24H27N3O3. The average molecular weight is 405 g/mol. The molecular weight excluding hydrogens is 378 g/mol. The maximum atomic E-state index is 13.1. The third-order valence-electron chi connectivity index (χ3n) is 6.00. The molecule has 1 aliphatic carbocycles. The van der Waals surface area contributed by atoms with E-state index in [1.807, 2.05) is 42.5 Å². The van der Waals surface area contributed by atoms with Crippen LogP contribution in [-0.4, -0.2) is 35.4 Å². The van der Waals surface area contributed by atoms with Crippen LogP contribution in [0, 0.1) is 0 Å². The fraction of sp³-hybridized carbons (Fsp3) is 0.417. The van der Waals surface area contributed by atoms with Gasteiger partial charge in [0.15, 0.2) is 5.69 Å². The van der Waals surface area contributed by atoms with Gasteiger partial charge >= 0.3 is 0 Å².